The molecule has 6 heteroatoms. The standard InChI is InChI=1S/C22H27N3O2S/c1-14(2)21(19(26)6-5-11-25(3)4)16-8-10-17(24-22(16)27)15-7-9-18-20(12-15)28-13-23-18/h7-10,12-14,21H,5-6,11H2,1-4H3,(H,24,27). The van der Waals surface area contributed by atoms with Crippen molar-refractivity contribution in [1.82, 2.24) is 14.9 Å². The fraction of sp³-hybridized carbons (Fsp3) is 0.409. The molecule has 1 N–H and O–H groups in total. The van der Waals surface area contributed by atoms with Crippen molar-refractivity contribution in [1.29, 1.82) is 0 Å². The number of aromatic nitrogens is 2. The van der Waals surface area contributed by atoms with Crippen LogP contribution in [0.1, 0.15) is 38.2 Å². The molecule has 3 aromatic rings. The highest BCUT2D eigenvalue weighted by molar-refractivity contribution is 7.16. The van der Waals surface area contributed by atoms with E-state index in [9.17, 15) is 9.59 Å². The number of aromatic amines is 1. The molecule has 2 heterocycles. The summed E-state index contributed by atoms with van der Waals surface area (Å²) in [7, 11) is 3.99. The molecule has 28 heavy (non-hydrogen) atoms. The van der Waals surface area contributed by atoms with E-state index < -0.39 is 0 Å². The summed E-state index contributed by atoms with van der Waals surface area (Å²) in [5.41, 5.74) is 4.85. The van der Waals surface area contributed by atoms with Gasteiger partial charge in [-0.2, -0.15) is 0 Å². The molecule has 1 unspecified atom stereocenters. The summed E-state index contributed by atoms with van der Waals surface area (Å²) >= 11 is 1.57. The van der Waals surface area contributed by atoms with E-state index in [1.165, 1.54) is 0 Å². The third-order valence-electron chi connectivity index (χ3n) is 4.96. The largest absolute Gasteiger partial charge is 0.322 e. The topological polar surface area (TPSA) is 66.1 Å². The van der Waals surface area contributed by atoms with Gasteiger partial charge in [-0.05, 0) is 56.7 Å². The molecule has 2 aromatic heterocycles. The maximum atomic E-state index is 12.8. The molecular weight excluding hydrogens is 370 g/mol. The highest BCUT2D eigenvalue weighted by Gasteiger charge is 2.26. The van der Waals surface area contributed by atoms with Gasteiger partial charge >= 0.3 is 0 Å². The second-order valence-electron chi connectivity index (χ2n) is 7.79. The molecule has 0 amide bonds. The van der Waals surface area contributed by atoms with Gasteiger partial charge in [0, 0.05) is 17.7 Å². The minimum absolute atomic E-state index is 0.0762. The number of H-pyrrole nitrogens is 1. The van der Waals surface area contributed by atoms with Crippen LogP contribution in [-0.2, 0) is 4.79 Å². The van der Waals surface area contributed by atoms with E-state index >= 15 is 0 Å². The molecule has 0 saturated carbocycles. The van der Waals surface area contributed by atoms with Crippen LogP contribution in [0.25, 0.3) is 21.5 Å². The van der Waals surface area contributed by atoms with Crippen LogP contribution in [0.15, 0.2) is 40.6 Å². The van der Waals surface area contributed by atoms with Crippen LogP contribution in [0.4, 0.5) is 0 Å². The number of nitrogens with one attached hydrogen (secondary N) is 1. The number of carbonyl (C=O) groups excluding carboxylic acids is 1. The van der Waals surface area contributed by atoms with Crippen LogP contribution in [0.2, 0.25) is 0 Å². The van der Waals surface area contributed by atoms with Gasteiger partial charge in [-0.1, -0.05) is 26.0 Å². The quantitative estimate of drug-likeness (QED) is 0.615. The highest BCUT2D eigenvalue weighted by Crippen LogP contribution is 2.28. The average Bonchev–Trinajstić information content (AvgIpc) is 3.10. The van der Waals surface area contributed by atoms with Crippen LogP contribution >= 0.6 is 11.3 Å². The summed E-state index contributed by atoms with van der Waals surface area (Å²) in [6.07, 6.45) is 1.30. The Bertz CT molecular complexity index is 1020. The van der Waals surface area contributed by atoms with Gasteiger partial charge in [0.25, 0.3) is 5.56 Å². The van der Waals surface area contributed by atoms with E-state index in [0.29, 0.717) is 12.0 Å². The fourth-order valence-electron chi connectivity index (χ4n) is 3.55. The average molecular weight is 398 g/mol. The Hall–Kier alpha value is -2.31. The molecule has 0 saturated heterocycles. The van der Waals surface area contributed by atoms with Crippen LogP contribution in [-0.4, -0.2) is 41.3 Å². The number of pyridine rings is 1. The van der Waals surface area contributed by atoms with Gasteiger partial charge in [0.1, 0.15) is 5.78 Å². The van der Waals surface area contributed by atoms with Gasteiger partial charge in [-0.15, -0.1) is 11.3 Å². The molecule has 0 spiro atoms. The predicted molar refractivity (Wildman–Crippen MR) is 116 cm³/mol. The third-order valence-corrected chi connectivity index (χ3v) is 5.75. The number of hydrogen-bond donors (Lipinski definition) is 1. The lowest BCUT2D eigenvalue weighted by atomic mass is 9.83. The summed E-state index contributed by atoms with van der Waals surface area (Å²) in [5.74, 6) is -0.155. The summed E-state index contributed by atoms with van der Waals surface area (Å²) in [5, 5.41) is 0. The van der Waals surface area contributed by atoms with Gasteiger partial charge in [0.15, 0.2) is 0 Å². The van der Waals surface area contributed by atoms with Crippen molar-refractivity contribution >= 4 is 27.3 Å². The lowest BCUT2D eigenvalue weighted by Gasteiger charge is -2.20. The molecule has 0 aliphatic heterocycles. The first-order valence-electron chi connectivity index (χ1n) is 9.61. The first-order valence-corrected chi connectivity index (χ1v) is 10.5. The van der Waals surface area contributed by atoms with Crippen molar-refractivity contribution in [2.75, 3.05) is 20.6 Å². The van der Waals surface area contributed by atoms with Crippen LogP contribution in [0.5, 0.6) is 0 Å². The first-order chi connectivity index (χ1) is 13.4. The maximum Gasteiger partial charge on any atom is 0.252 e. The van der Waals surface area contributed by atoms with Crippen LogP contribution in [0, 0.1) is 5.92 Å². The molecule has 0 aliphatic rings. The number of ketones is 1. The zero-order chi connectivity index (χ0) is 20.3. The Morgan fingerprint density at radius 1 is 1.21 bits per heavy atom. The van der Waals surface area contributed by atoms with Crippen molar-refractivity contribution in [3.63, 3.8) is 0 Å². The van der Waals surface area contributed by atoms with Gasteiger partial charge < -0.3 is 9.88 Å². The highest BCUT2D eigenvalue weighted by atomic mass is 32.1. The first kappa shape index (κ1) is 20.4. The van der Waals surface area contributed by atoms with Crippen LogP contribution in [0.3, 0.4) is 0 Å². The lowest BCUT2D eigenvalue weighted by molar-refractivity contribution is -0.121. The number of thiazole rings is 1. The van der Waals surface area contributed by atoms with Gasteiger partial charge in [0.2, 0.25) is 0 Å². The molecule has 1 atom stereocenters. The Morgan fingerprint density at radius 2 is 2.00 bits per heavy atom. The number of fused-ring (bicyclic) bond motifs is 1. The molecule has 5 nitrogen and oxygen atoms in total. The number of rotatable bonds is 8. The number of carbonyl (C=O) groups is 1. The molecular formula is C22H27N3O2S. The Balaban J connectivity index is 1.86. The molecule has 148 valence electrons. The van der Waals surface area contributed by atoms with E-state index in [1.807, 2.05) is 63.8 Å². The summed E-state index contributed by atoms with van der Waals surface area (Å²) in [4.78, 5) is 35.0. The van der Waals surface area contributed by atoms with Crippen molar-refractivity contribution in [2.24, 2.45) is 5.92 Å². The molecule has 0 fully saturated rings. The zero-order valence-electron chi connectivity index (χ0n) is 16.9. The monoisotopic (exact) mass is 397 g/mol. The number of benzene rings is 1. The number of nitrogens with zero attached hydrogens (tertiary/aromatic N) is 2. The summed E-state index contributed by atoms with van der Waals surface area (Å²) in [6.45, 7) is 4.87. The summed E-state index contributed by atoms with van der Waals surface area (Å²) < 4.78 is 1.08. The smallest absolute Gasteiger partial charge is 0.252 e. The zero-order valence-corrected chi connectivity index (χ0v) is 17.7. The third kappa shape index (κ3) is 4.56. The van der Waals surface area contributed by atoms with Crippen molar-refractivity contribution < 1.29 is 4.79 Å². The van der Waals surface area contributed by atoms with Gasteiger partial charge in [0.05, 0.1) is 21.6 Å². The van der Waals surface area contributed by atoms with Crippen molar-refractivity contribution in [3.05, 3.63) is 51.8 Å². The molecule has 0 bridgehead atoms. The number of hydrogen-bond acceptors (Lipinski definition) is 5. The van der Waals surface area contributed by atoms with E-state index in [-0.39, 0.29) is 23.2 Å². The Kier molecular flexibility index (Phi) is 6.42. The Morgan fingerprint density at radius 3 is 2.68 bits per heavy atom. The minimum atomic E-state index is -0.371. The normalized spacial score (nSPS) is 12.8. The molecule has 1 aromatic carbocycles. The molecule has 0 radical (unpaired) electrons. The summed E-state index contributed by atoms with van der Waals surface area (Å²) in [6, 6.07) is 9.67. The van der Waals surface area contributed by atoms with E-state index in [4.69, 9.17) is 0 Å². The number of Topliss-reactive ketones (excluding diaryl/α,β-unsaturated/α-hetero) is 1. The SMILES string of the molecule is CC(C)C(C(=O)CCCN(C)C)c1ccc(-c2ccc3ncsc3c2)[nH]c1=O. The van der Waals surface area contributed by atoms with E-state index in [1.54, 1.807) is 11.3 Å². The van der Waals surface area contributed by atoms with Gasteiger partial charge in [-0.25, -0.2) is 4.98 Å². The second-order valence-corrected chi connectivity index (χ2v) is 8.67. The molecule has 0 aliphatic carbocycles. The van der Waals surface area contributed by atoms with E-state index in [0.717, 1.165) is 34.4 Å². The van der Waals surface area contributed by atoms with Crippen LogP contribution < -0.4 is 5.56 Å². The second kappa shape index (κ2) is 8.80. The fourth-order valence-corrected chi connectivity index (χ4v) is 4.27. The van der Waals surface area contributed by atoms with Crippen molar-refractivity contribution in [2.45, 2.75) is 32.6 Å². The minimum Gasteiger partial charge on any atom is -0.322 e. The molecule has 3 rings (SSSR count). The van der Waals surface area contributed by atoms with Crippen molar-refractivity contribution in [3.8, 4) is 11.3 Å². The predicted octanol–water partition coefficient (Wildman–Crippen LogP) is 4.30. The van der Waals surface area contributed by atoms with E-state index in [2.05, 4.69) is 14.9 Å². The van der Waals surface area contributed by atoms with Gasteiger partial charge in [-0.3, -0.25) is 9.59 Å². The Labute approximate surface area is 169 Å². The maximum absolute atomic E-state index is 12.8. The lowest BCUT2D eigenvalue weighted by Crippen LogP contribution is -2.26.